The SMILES string of the molecule is N#Cc1c(N)cc(C=O)nc1OC(F)(F)F. The first-order valence-electron chi connectivity index (χ1n) is 3.79. The number of pyridine rings is 1. The molecule has 84 valence electrons. The van der Waals surface area contributed by atoms with Gasteiger partial charge in [0.15, 0.2) is 6.29 Å². The molecule has 0 saturated carbocycles. The van der Waals surface area contributed by atoms with Crippen LogP contribution in [0.4, 0.5) is 18.9 Å². The van der Waals surface area contributed by atoms with Crippen LogP contribution in [-0.2, 0) is 0 Å². The molecule has 1 heterocycles. The van der Waals surface area contributed by atoms with Crippen molar-refractivity contribution in [1.29, 1.82) is 5.26 Å². The van der Waals surface area contributed by atoms with Crippen LogP contribution in [0.3, 0.4) is 0 Å². The molecule has 0 aliphatic rings. The highest BCUT2D eigenvalue weighted by Gasteiger charge is 2.33. The number of alkyl halides is 3. The van der Waals surface area contributed by atoms with Crippen molar-refractivity contribution in [2.75, 3.05) is 5.73 Å². The van der Waals surface area contributed by atoms with Gasteiger partial charge in [0.2, 0.25) is 5.88 Å². The van der Waals surface area contributed by atoms with Gasteiger partial charge in [-0.3, -0.25) is 4.79 Å². The maximum Gasteiger partial charge on any atom is 0.574 e. The summed E-state index contributed by atoms with van der Waals surface area (Å²) in [6.07, 6.45) is -4.81. The Morgan fingerprint density at radius 2 is 2.19 bits per heavy atom. The van der Waals surface area contributed by atoms with Gasteiger partial charge in [-0.2, -0.15) is 5.26 Å². The Balaban J connectivity index is 3.30. The van der Waals surface area contributed by atoms with Crippen LogP contribution in [0.2, 0.25) is 0 Å². The molecule has 5 nitrogen and oxygen atoms in total. The largest absolute Gasteiger partial charge is 0.574 e. The summed E-state index contributed by atoms with van der Waals surface area (Å²) in [6.45, 7) is 0. The lowest BCUT2D eigenvalue weighted by molar-refractivity contribution is -0.276. The minimum absolute atomic E-state index is 0.195. The number of aldehydes is 1. The summed E-state index contributed by atoms with van der Waals surface area (Å²) < 4.78 is 39.2. The van der Waals surface area contributed by atoms with E-state index < -0.39 is 17.8 Å². The average molecular weight is 231 g/mol. The van der Waals surface area contributed by atoms with Crippen molar-refractivity contribution in [2.45, 2.75) is 6.36 Å². The predicted octanol–water partition coefficient (Wildman–Crippen LogP) is 1.25. The van der Waals surface area contributed by atoms with E-state index in [-0.39, 0.29) is 17.7 Å². The number of ether oxygens (including phenoxy) is 1. The fourth-order valence-electron chi connectivity index (χ4n) is 0.917. The summed E-state index contributed by atoms with van der Waals surface area (Å²) in [5, 5.41) is 8.55. The number of nitrogens with two attached hydrogens (primary N) is 1. The molecule has 1 aromatic rings. The maximum absolute atomic E-state index is 11.9. The van der Waals surface area contributed by atoms with Gasteiger partial charge < -0.3 is 10.5 Å². The molecule has 0 aromatic carbocycles. The van der Waals surface area contributed by atoms with E-state index >= 15 is 0 Å². The highest BCUT2D eigenvalue weighted by molar-refractivity contribution is 5.76. The zero-order valence-corrected chi connectivity index (χ0v) is 7.58. The van der Waals surface area contributed by atoms with Crippen LogP contribution in [0.1, 0.15) is 16.1 Å². The third kappa shape index (κ3) is 2.60. The van der Waals surface area contributed by atoms with Gasteiger partial charge in [0.25, 0.3) is 0 Å². The third-order valence-electron chi connectivity index (χ3n) is 1.48. The Morgan fingerprint density at radius 1 is 1.56 bits per heavy atom. The molecule has 1 aromatic heterocycles. The van der Waals surface area contributed by atoms with Gasteiger partial charge >= 0.3 is 6.36 Å². The quantitative estimate of drug-likeness (QED) is 0.773. The van der Waals surface area contributed by atoms with Crippen LogP contribution in [-0.4, -0.2) is 17.6 Å². The number of nitrogen functional groups attached to an aromatic ring is 1. The second-order valence-corrected chi connectivity index (χ2v) is 2.59. The Hall–Kier alpha value is -2.30. The molecule has 0 bridgehead atoms. The van der Waals surface area contributed by atoms with E-state index in [1.54, 1.807) is 0 Å². The third-order valence-corrected chi connectivity index (χ3v) is 1.48. The van der Waals surface area contributed by atoms with Crippen LogP contribution in [0.5, 0.6) is 5.88 Å². The molecule has 0 radical (unpaired) electrons. The van der Waals surface area contributed by atoms with Gasteiger partial charge in [0.05, 0.1) is 5.69 Å². The Labute approximate surface area is 87.3 Å². The van der Waals surface area contributed by atoms with Crippen molar-refractivity contribution in [2.24, 2.45) is 0 Å². The standard InChI is InChI=1S/C8H4F3N3O2/c9-8(10,11)16-7-5(2-12)6(13)1-4(3-15)14-7/h1,3H,(H2,13,14). The van der Waals surface area contributed by atoms with Crippen molar-refractivity contribution in [3.63, 3.8) is 0 Å². The maximum atomic E-state index is 11.9. The molecule has 0 unspecified atom stereocenters. The van der Waals surface area contributed by atoms with Gasteiger partial charge in [-0.15, -0.1) is 13.2 Å². The van der Waals surface area contributed by atoms with Crippen molar-refractivity contribution in [1.82, 2.24) is 4.98 Å². The average Bonchev–Trinajstić information content (AvgIpc) is 2.14. The number of halogens is 3. The monoisotopic (exact) mass is 231 g/mol. The Kier molecular flexibility index (Phi) is 2.99. The molecule has 0 spiro atoms. The van der Waals surface area contributed by atoms with E-state index in [0.29, 0.717) is 0 Å². The number of aromatic nitrogens is 1. The molecule has 0 atom stereocenters. The number of carbonyl (C=O) groups is 1. The minimum atomic E-state index is -5.01. The highest BCUT2D eigenvalue weighted by atomic mass is 19.4. The minimum Gasteiger partial charge on any atom is -0.397 e. The Bertz CT molecular complexity index is 465. The lowest BCUT2D eigenvalue weighted by Crippen LogP contribution is -2.19. The van der Waals surface area contributed by atoms with E-state index in [1.807, 2.05) is 0 Å². The summed E-state index contributed by atoms with van der Waals surface area (Å²) in [5.74, 6) is -1.03. The summed E-state index contributed by atoms with van der Waals surface area (Å²) >= 11 is 0. The number of hydrogen-bond donors (Lipinski definition) is 1. The van der Waals surface area contributed by atoms with Gasteiger partial charge in [0, 0.05) is 0 Å². The highest BCUT2D eigenvalue weighted by Crippen LogP contribution is 2.27. The molecule has 0 aliphatic carbocycles. The summed E-state index contributed by atoms with van der Waals surface area (Å²) in [5.41, 5.74) is 4.03. The topological polar surface area (TPSA) is 89.0 Å². The number of hydrogen-bond acceptors (Lipinski definition) is 5. The smallest absolute Gasteiger partial charge is 0.397 e. The van der Waals surface area contributed by atoms with E-state index in [1.165, 1.54) is 6.07 Å². The van der Waals surface area contributed by atoms with Crippen molar-refractivity contribution >= 4 is 12.0 Å². The summed E-state index contributed by atoms with van der Waals surface area (Å²) in [6, 6.07) is 2.39. The van der Waals surface area contributed by atoms with E-state index in [4.69, 9.17) is 11.0 Å². The first kappa shape index (κ1) is 11.8. The van der Waals surface area contributed by atoms with Crippen molar-refractivity contribution < 1.29 is 22.7 Å². The molecule has 0 saturated heterocycles. The van der Waals surface area contributed by atoms with Crippen LogP contribution < -0.4 is 10.5 Å². The normalized spacial score (nSPS) is 10.6. The van der Waals surface area contributed by atoms with Crippen LogP contribution in [0, 0.1) is 11.3 Å². The lowest BCUT2D eigenvalue weighted by atomic mass is 10.2. The molecule has 16 heavy (non-hydrogen) atoms. The fourth-order valence-corrected chi connectivity index (χ4v) is 0.917. The molecular weight excluding hydrogens is 227 g/mol. The van der Waals surface area contributed by atoms with Gasteiger partial charge in [-0.1, -0.05) is 0 Å². The van der Waals surface area contributed by atoms with Crippen LogP contribution >= 0.6 is 0 Å². The molecule has 0 aliphatic heterocycles. The van der Waals surface area contributed by atoms with Crippen LogP contribution in [0.25, 0.3) is 0 Å². The van der Waals surface area contributed by atoms with E-state index in [9.17, 15) is 18.0 Å². The molecule has 0 amide bonds. The summed E-state index contributed by atoms with van der Waals surface area (Å²) in [7, 11) is 0. The number of nitrogens with zero attached hydrogens (tertiary/aromatic N) is 2. The zero-order chi connectivity index (χ0) is 12.3. The number of nitriles is 1. The van der Waals surface area contributed by atoms with Crippen molar-refractivity contribution in [3.8, 4) is 11.9 Å². The number of anilines is 1. The number of carbonyl (C=O) groups excluding carboxylic acids is 1. The molecule has 1 rings (SSSR count). The van der Waals surface area contributed by atoms with Gasteiger partial charge in [0.1, 0.15) is 17.3 Å². The predicted molar refractivity (Wildman–Crippen MR) is 45.4 cm³/mol. The zero-order valence-electron chi connectivity index (χ0n) is 7.58. The van der Waals surface area contributed by atoms with E-state index in [2.05, 4.69) is 9.72 Å². The Morgan fingerprint density at radius 3 is 2.62 bits per heavy atom. The van der Waals surface area contributed by atoms with Gasteiger partial charge in [-0.25, -0.2) is 4.98 Å². The molecule has 0 fully saturated rings. The molecule has 2 N–H and O–H groups in total. The molecule has 8 heteroatoms. The van der Waals surface area contributed by atoms with Gasteiger partial charge in [-0.05, 0) is 6.07 Å². The van der Waals surface area contributed by atoms with Crippen LogP contribution in [0.15, 0.2) is 6.07 Å². The molecular formula is C8H4F3N3O2. The second-order valence-electron chi connectivity index (χ2n) is 2.59. The lowest BCUT2D eigenvalue weighted by Gasteiger charge is -2.10. The number of rotatable bonds is 2. The first-order chi connectivity index (χ1) is 7.37. The van der Waals surface area contributed by atoms with Crippen molar-refractivity contribution in [3.05, 3.63) is 17.3 Å². The second kappa shape index (κ2) is 4.06. The van der Waals surface area contributed by atoms with E-state index in [0.717, 1.165) is 6.07 Å². The summed E-state index contributed by atoms with van der Waals surface area (Å²) in [4.78, 5) is 13.5. The fraction of sp³-hybridized carbons (Fsp3) is 0.125. The first-order valence-corrected chi connectivity index (χ1v) is 3.79.